The predicted octanol–water partition coefficient (Wildman–Crippen LogP) is 5.03. The zero-order chi connectivity index (χ0) is 14.8. The van der Waals surface area contributed by atoms with Gasteiger partial charge in [0.15, 0.2) is 0 Å². The lowest BCUT2D eigenvalue weighted by molar-refractivity contribution is 0.414. The number of hydrogen-bond acceptors (Lipinski definition) is 1. The molecule has 2 aromatic carbocycles. The van der Waals surface area contributed by atoms with E-state index in [4.69, 9.17) is 0 Å². The van der Waals surface area contributed by atoms with Crippen LogP contribution in [0.3, 0.4) is 0 Å². The monoisotopic (exact) mass is 279 g/mol. The Morgan fingerprint density at radius 2 is 1.90 bits per heavy atom. The van der Waals surface area contributed by atoms with E-state index in [1.54, 1.807) is 0 Å². The van der Waals surface area contributed by atoms with Crippen molar-refractivity contribution in [1.29, 1.82) is 0 Å². The van der Waals surface area contributed by atoms with E-state index in [2.05, 4.69) is 68.6 Å². The fourth-order valence-corrected chi connectivity index (χ4v) is 3.63. The van der Waals surface area contributed by atoms with Crippen LogP contribution in [0.25, 0.3) is 0 Å². The number of benzene rings is 2. The van der Waals surface area contributed by atoms with Gasteiger partial charge in [-0.2, -0.15) is 0 Å². The maximum atomic E-state index is 3.85. The standard InChI is InChI=1S/C20H25N/c1-14-11-12-18(15(2)13-14)16(3)21-20-10-6-8-17-7-4-5-9-19(17)20/h4-5,7,9,11-13,16,20-21H,6,8,10H2,1-3H3. The molecule has 2 aromatic rings. The first-order valence-corrected chi connectivity index (χ1v) is 8.06. The molecule has 0 saturated carbocycles. The first kappa shape index (κ1) is 14.3. The Labute approximate surface area is 128 Å². The molecule has 0 radical (unpaired) electrons. The maximum Gasteiger partial charge on any atom is 0.0328 e. The van der Waals surface area contributed by atoms with Gasteiger partial charge in [0.2, 0.25) is 0 Å². The van der Waals surface area contributed by atoms with Crippen molar-refractivity contribution in [3.63, 3.8) is 0 Å². The molecule has 3 rings (SSSR count). The molecule has 0 fully saturated rings. The molecule has 0 aromatic heterocycles. The van der Waals surface area contributed by atoms with E-state index in [1.807, 2.05) is 0 Å². The summed E-state index contributed by atoms with van der Waals surface area (Å²) < 4.78 is 0. The molecule has 2 atom stereocenters. The average Bonchev–Trinajstić information content (AvgIpc) is 2.47. The Balaban J connectivity index is 1.81. The normalized spacial score (nSPS) is 19.1. The Kier molecular flexibility index (Phi) is 4.12. The molecule has 0 aliphatic heterocycles. The number of nitrogens with one attached hydrogen (secondary N) is 1. The molecule has 0 amide bonds. The summed E-state index contributed by atoms with van der Waals surface area (Å²) in [5.41, 5.74) is 7.17. The highest BCUT2D eigenvalue weighted by molar-refractivity contribution is 5.35. The van der Waals surface area contributed by atoms with Crippen LogP contribution < -0.4 is 5.32 Å². The highest BCUT2D eigenvalue weighted by atomic mass is 14.9. The lowest BCUT2D eigenvalue weighted by atomic mass is 9.87. The highest BCUT2D eigenvalue weighted by Crippen LogP contribution is 2.32. The third kappa shape index (κ3) is 3.03. The summed E-state index contributed by atoms with van der Waals surface area (Å²) in [7, 11) is 0. The topological polar surface area (TPSA) is 12.0 Å². The van der Waals surface area contributed by atoms with Gasteiger partial charge in [-0.05, 0) is 62.3 Å². The number of fused-ring (bicyclic) bond motifs is 1. The van der Waals surface area contributed by atoms with E-state index in [-0.39, 0.29) is 0 Å². The lowest BCUT2D eigenvalue weighted by Crippen LogP contribution is -2.28. The van der Waals surface area contributed by atoms with Crippen molar-refractivity contribution in [3.05, 3.63) is 70.3 Å². The second kappa shape index (κ2) is 6.03. The third-order valence-electron chi connectivity index (χ3n) is 4.71. The average molecular weight is 279 g/mol. The molecule has 0 heterocycles. The van der Waals surface area contributed by atoms with Crippen molar-refractivity contribution >= 4 is 0 Å². The number of rotatable bonds is 3. The van der Waals surface area contributed by atoms with Gasteiger partial charge in [0.1, 0.15) is 0 Å². The van der Waals surface area contributed by atoms with Crippen molar-refractivity contribution in [2.45, 2.75) is 52.1 Å². The molecule has 0 bridgehead atoms. The molecule has 0 spiro atoms. The summed E-state index contributed by atoms with van der Waals surface area (Å²) in [5.74, 6) is 0. The quantitative estimate of drug-likeness (QED) is 0.830. The summed E-state index contributed by atoms with van der Waals surface area (Å²) in [6.45, 7) is 6.66. The van der Waals surface area contributed by atoms with Crippen LogP contribution in [0, 0.1) is 13.8 Å². The predicted molar refractivity (Wildman–Crippen MR) is 89.6 cm³/mol. The van der Waals surface area contributed by atoms with E-state index in [9.17, 15) is 0 Å². The van der Waals surface area contributed by atoms with Crippen molar-refractivity contribution in [3.8, 4) is 0 Å². The summed E-state index contributed by atoms with van der Waals surface area (Å²) in [6, 6.07) is 16.6. The van der Waals surface area contributed by atoms with Gasteiger partial charge in [-0.25, -0.2) is 0 Å². The first-order valence-electron chi connectivity index (χ1n) is 8.06. The van der Waals surface area contributed by atoms with Crippen LogP contribution in [-0.4, -0.2) is 0 Å². The fourth-order valence-electron chi connectivity index (χ4n) is 3.63. The second-order valence-corrected chi connectivity index (χ2v) is 6.39. The van der Waals surface area contributed by atoms with Gasteiger partial charge in [-0.1, -0.05) is 48.0 Å². The van der Waals surface area contributed by atoms with Crippen LogP contribution in [0.2, 0.25) is 0 Å². The molecule has 21 heavy (non-hydrogen) atoms. The van der Waals surface area contributed by atoms with Crippen molar-refractivity contribution < 1.29 is 0 Å². The molecule has 2 unspecified atom stereocenters. The lowest BCUT2D eigenvalue weighted by Gasteiger charge is -2.30. The van der Waals surface area contributed by atoms with Gasteiger partial charge < -0.3 is 5.32 Å². The highest BCUT2D eigenvalue weighted by Gasteiger charge is 2.21. The van der Waals surface area contributed by atoms with Gasteiger partial charge in [0, 0.05) is 12.1 Å². The van der Waals surface area contributed by atoms with Gasteiger partial charge >= 0.3 is 0 Å². The smallest absolute Gasteiger partial charge is 0.0328 e. The first-order chi connectivity index (χ1) is 10.1. The maximum absolute atomic E-state index is 3.85. The van der Waals surface area contributed by atoms with Gasteiger partial charge in [-0.15, -0.1) is 0 Å². The molecule has 1 nitrogen and oxygen atoms in total. The van der Waals surface area contributed by atoms with Crippen LogP contribution in [0.1, 0.15) is 59.7 Å². The summed E-state index contributed by atoms with van der Waals surface area (Å²) >= 11 is 0. The molecular weight excluding hydrogens is 254 g/mol. The molecular formula is C20H25N. The van der Waals surface area contributed by atoms with Gasteiger partial charge in [0.05, 0.1) is 0 Å². The van der Waals surface area contributed by atoms with E-state index >= 15 is 0 Å². The molecule has 1 heteroatoms. The van der Waals surface area contributed by atoms with Crippen molar-refractivity contribution in [2.75, 3.05) is 0 Å². The van der Waals surface area contributed by atoms with Crippen LogP contribution in [0.5, 0.6) is 0 Å². The fraction of sp³-hybridized carbons (Fsp3) is 0.400. The van der Waals surface area contributed by atoms with E-state index in [1.165, 1.54) is 47.1 Å². The summed E-state index contributed by atoms with van der Waals surface area (Å²) in [6.07, 6.45) is 3.76. The van der Waals surface area contributed by atoms with Gasteiger partial charge in [-0.3, -0.25) is 0 Å². The largest absolute Gasteiger partial charge is 0.303 e. The van der Waals surface area contributed by atoms with Crippen molar-refractivity contribution in [2.24, 2.45) is 0 Å². The minimum Gasteiger partial charge on any atom is -0.303 e. The SMILES string of the molecule is Cc1ccc(C(C)NC2CCCc3ccccc32)c(C)c1. The van der Waals surface area contributed by atoms with E-state index < -0.39 is 0 Å². The Hall–Kier alpha value is -1.60. The Morgan fingerprint density at radius 3 is 2.71 bits per heavy atom. The molecule has 110 valence electrons. The molecule has 1 aliphatic rings. The summed E-state index contributed by atoms with van der Waals surface area (Å²) in [5, 5.41) is 3.85. The van der Waals surface area contributed by atoms with Crippen LogP contribution >= 0.6 is 0 Å². The number of hydrogen-bond donors (Lipinski definition) is 1. The summed E-state index contributed by atoms with van der Waals surface area (Å²) in [4.78, 5) is 0. The van der Waals surface area contributed by atoms with E-state index in [0.717, 1.165) is 0 Å². The van der Waals surface area contributed by atoms with Crippen molar-refractivity contribution in [1.82, 2.24) is 5.32 Å². The zero-order valence-electron chi connectivity index (χ0n) is 13.3. The third-order valence-corrected chi connectivity index (χ3v) is 4.71. The Bertz CT molecular complexity index is 629. The van der Waals surface area contributed by atoms with Crippen LogP contribution in [-0.2, 0) is 6.42 Å². The molecule has 1 N–H and O–H groups in total. The zero-order valence-corrected chi connectivity index (χ0v) is 13.3. The minimum atomic E-state index is 0.391. The van der Waals surface area contributed by atoms with E-state index in [0.29, 0.717) is 12.1 Å². The van der Waals surface area contributed by atoms with Crippen LogP contribution in [0.4, 0.5) is 0 Å². The van der Waals surface area contributed by atoms with Crippen LogP contribution in [0.15, 0.2) is 42.5 Å². The number of aryl methyl sites for hydroxylation is 3. The van der Waals surface area contributed by atoms with Gasteiger partial charge in [0.25, 0.3) is 0 Å². The molecule has 1 aliphatic carbocycles. The second-order valence-electron chi connectivity index (χ2n) is 6.39. The minimum absolute atomic E-state index is 0.391. The molecule has 0 saturated heterocycles. The Morgan fingerprint density at radius 1 is 1.10 bits per heavy atom.